The molecule has 2 rings (SSSR count). The van der Waals surface area contributed by atoms with E-state index in [2.05, 4.69) is 15.3 Å². The van der Waals surface area contributed by atoms with Gasteiger partial charge in [-0.15, -0.1) is 0 Å². The third-order valence-corrected chi connectivity index (χ3v) is 3.39. The minimum absolute atomic E-state index is 0.0397. The molecule has 0 radical (unpaired) electrons. The molecule has 0 aromatic carbocycles. The van der Waals surface area contributed by atoms with Crippen molar-refractivity contribution in [2.45, 2.75) is 18.2 Å². The van der Waals surface area contributed by atoms with E-state index in [4.69, 9.17) is 11.6 Å². The first-order chi connectivity index (χ1) is 8.78. The van der Waals surface area contributed by atoms with Crippen molar-refractivity contribution in [1.29, 1.82) is 0 Å². The zero-order chi connectivity index (χ0) is 14.3. The van der Waals surface area contributed by atoms with E-state index >= 15 is 0 Å². The molecule has 1 atom stereocenters. The number of β-amino-alcohol motifs (C(OH)–C–C–N with tert-alkyl or cyclic N) is 1. The predicted molar refractivity (Wildman–Crippen MR) is 64.4 cm³/mol. The van der Waals surface area contributed by atoms with Gasteiger partial charge in [0, 0.05) is 20.0 Å². The summed E-state index contributed by atoms with van der Waals surface area (Å²) in [6.45, 7) is -0.531. The summed E-state index contributed by atoms with van der Waals surface area (Å²) in [5.74, 6) is 0.252. The normalized spacial score (nSPS) is 23.8. The van der Waals surface area contributed by atoms with Gasteiger partial charge in [-0.1, -0.05) is 11.6 Å². The molecular weight excluding hydrogens is 285 g/mol. The molecule has 2 heterocycles. The smallest absolute Gasteiger partial charge is 0.383 e. The van der Waals surface area contributed by atoms with Crippen LogP contribution in [0.4, 0.5) is 24.7 Å². The predicted octanol–water partition coefficient (Wildman–Crippen LogP) is 1.68. The lowest BCUT2D eigenvalue weighted by Gasteiger charge is -2.26. The first kappa shape index (κ1) is 14.1. The Morgan fingerprint density at radius 1 is 1.47 bits per heavy atom. The van der Waals surface area contributed by atoms with Gasteiger partial charge in [-0.3, -0.25) is 0 Å². The number of rotatable bonds is 2. The number of alkyl halides is 3. The number of halogens is 4. The van der Waals surface area contributed by atoms with Crippen LogP contribution in [0.25, 0.3) is 0 Å². The van der Waals surface area contributed by atoms with Gasteiger partial charge in [0.1, 0.15) is 12.0 Å². The van der Waals surface area contributed by atoms with Gasteiger partial charge < -0.3 is 15.3 Å². The van der Waals surface area contributed by atoms with Gasteiger partial charge in [0.15, 0.2) is 16.6 Å². The Balaban J connectivity index is 2.29. The van der Waals surface area contributed by atoms with E-state index in [0.29, 0.717) is 5.69 Å². The van der Waals surface area contributed by atoms with Gasteiger partial charge >= 0.3 is 6.18 Å². The highest BCUT2D eigenvalue weighted by Crippen LogP contribution is 2.40. The van der Waals surface area contributed by atoms with Gasteiger partial charge in [-0.2, -0.15) is 13.2 Å². The summed E-state index contributed by atoms with van der Waals surface area (Å²) in [5, 5.41) is 12.5. The Bertz CT molecular complexity index is 484. The average molecular weight is 297 g/mol. The van der Waals surface area contributed by atoms with E-state index in [1.54, 1.807) is 7.05 Å². The van der Waals surface area contributed by atoms with Crippen molar-refractivity contribution in [3.8, 4) is 0 Å². The van der Waals surface area contributed by atoms with Crippen LogP contribution < -0.4 is 10.2 Å². The van der Waals surface area contributed by atoms with Crippen LogP contribution >= 0.6 is 11.6 Å². The Hall–Kier alpha value is -1.28. The van der Waals surface area contributed by atoms with Crippen molar-refractivity contribution < 1.29 is 18.3 Å². The molecule has 1 aromatic heterocycles. The molecule has 1 aromatic rings. The standard InChI is InChI=1S/C10H12ClF3N4O/c1-15-6-7(11)16-5-17-8(6)18-3-2-9(19,4-18)10(12,13)14/h5,15,19H,2-4H2,1H3. The molecule has 0 bridgehead atoms. The zero-order valence-electron chi connectivity index (χ0n) is 10.00. The fraction of sp³-hybridized carbons (Fsp3) is 0.600. The summed E-state index contributed by atoms with van der Waals surface area (Å²) < 4.78 is 38.2. The summed E-state index contributed by atoms with van der Waals surface area (Å²) in [6, 6.07) is 0. The number of hydrogen-bond donors (Lipinski definition) is 2. The molecule has 19 heavy (non-hydrogen) atoms. The summed E-state index contributed by atoms with van der Waals surface area (Å²) in [6.07, 6.45) is -3.90. The molecule has 2 N–H and O–H groups in total. The molecule has 0 amide bonds. The van der Waals surface area contributed by atoms with Crippen molar-refractivity contribution in [3.05, 3.63) is 11.5 Å². The van der Waals surface area contributed by atoms with Crippen LogP contribution in [0.3, 0.4) is 0 Å². The second-order valence-electron chi connectivity index (χ2n) is 4.31. The molecule has 0 saturated carbocycles. The minimum Gasteiger partial charge on any atom is -0.383 e. The number of hydrogen-bond acceptors (Lipinski definition) is 5. The van der Waals surface area contributed by atoms with Crippen LogP contribution in [0.5, 0.6) is 0 Å². The maximum Gasteiger partial charge on any atom is 0.418 e. The number of nitrogens with one attached hydrogen (secondary N) is 1. The van der Waals surface area contributed by atoms with Gasteiger partial charge in [-0.05, 0) is 0 Å². The molecule has 106 valence electrons. The maximum absolute atomic E-state index is 12.7. The monoisotopic (exact) mass is 296 g/mol. The van der Waals surface area contributed by atoms with Crippen molar-refractivity contribution in [2.24, 2.45) is 0 Å². The summed E-state index contributed by atoms with van der Waals surface area (Å²) >= 11 is 5.84. The topological polar surface area (TPSA) is 61.3 Å². The third-order valence-electron chi connectivity index (χ3n) is 3.11. The highest BCUT2D eigenvalue weighted by Gasteiger charge is 2.57. The minimum atomic E-state index is -4.67. The summed E-state index contributed by atoms with van der Waals surface area (Å²) in [4.78, 5) is 9.02. The Labute approximate surface area is 112 Å². The van der Waals surface area contributed by atoms with Crippen molar-refractivity contribution in [3.63, 3.8) is 0 Å². The Kier molecular flexibility index (Phi) is 3.48. The first-order valence-electron chi connectivity index (χ1n) is 5.51. The first-order valence-corrected chi connectivity index (χ1v) is 5.88. The second kappa shape index (κ2) is 4.68. The van der Waals surface area contributed by atoms with Crippen LogP contribution in [-0.4, -0.2) is 47.0 Å². The molecule has 1 fully saturated rings. The fourth-order valence-electron chi connectivity index (χ4n) is 2.02. The molecule has 1 aliphatic heterocycles. The SMILES string of the molecule is CNc1c(Cl)ncnc1N1CCC(O)(C(F)(F)F)C1. The summed E-state index contributed by atoms with van der Waals surface area (Å²) in [5.41, 5.74) is -2.37. The van der Waals surface area contributed by atoms with Gasteiger partial charge in [0.25, 0.3) is 0 Å². The van der Waals surface area contributed by atoms with E-state index in [1.807, 2.05) is 0 Å². The Morgan fingerprint density at radius 3 is 2.68 bits per heavy atom. The van der Waals surface area contributed by atoms with Crippen LogP contribution in [0.2, 0.25) is 5.15 Å². The van der Waals surface area contributed by atoms with Gasteiger partial charge in [0.05, 0.1) is 6.54 Å². The highest BCUT2D eigenvalue weighted by molar-refractivity contribution is 6.32. The fourth-order valence-corrected chi connectivity index (χ4v) is 2.24. The second-order valence-corrected chi connectivity index (χ2v) is 4.67. The average Bonchev–Trinajstić information content (AvgIpc) is 2.72. The van der Waals surface area contributed by atoms with E-state index in [0.717, 1.165) is 0 Å². The van der Waals surface area contributed by atoms with E-state index in [9.17, 15) is 18.3 Å². The third kappa shape index (κ3) is 2.42. The lowest BCUT2D eigenvalue weighted by atomic mass is 10.0. The molecule has 9 heteroatoms. The van der Waals surface area contributed by atoms with Crippen LogP contribution in [-0.2, 0) is 0 Å². The number of nitrogens with zero attached hydrogens (tertiary/aromatic N) is 3. The van der Waals surface area contributed by atoms with Crippen LogP contribution in [0.1, 0.15) is 6.42 Å². The molecule has 1 saturated heterocycles. The van der Waals surface area contributed by atoms with Crippen LogP contribution in [0.15, 0.2) is 6.33 Å². The summed E-state index contributed by atoms with van der Waals surface area (Å²) in [7, 11) is 1.57. The lowest BCUT2D eigenvalue weighted by molar-refractivity contribution is -0.250. The lowest BCUT2D eigenvalue weighted by Crippen LogP contribution is -2.47. The molecule has 1 unspecified atom stereocenters. The molecule has 0 aliphatic carbocycles. The quantitative estimate of drug-likeness (QED) is 0.813. The van der Waals surface area contributed by atoms with Crippen molar-refractivity contribution in [2.75, 3.05) is 30.4 Å². The molecule has 0 spiro atoms. The molecular formula is C10H12ClF3N4O. The van der Waals surface area contributed by atoms with Crippen molar-refractivity contribution >= 4 is 23.1 Å². The number of aliphatic hydroxyl groups is 1. The van der Waals surface area contributed by atoms with Crippen molar-refractivity contribution in [1.82, 2.24) is 9.97 Å². The van der Waals surface area contributed by atoms with E-state index < -0.39 is 24.7 Å². The zero-order valence-corrected chi connectivity index (χ0v) is 10.8. The molecule has 5 nitrogen and oxygen atoms in total. The maximum atomic E-state index is 12.7. The highest BCUT2D eigenvalue weighted by atomic mass is 35.5. The van der Waals surface area contributed by atoms with Gasteiger partial charge in [-0.25, -0.2) is 9.97 Å². The van der Waals surface area contributed by atoms with E-state index in [-0.39, 0.29) is 17.5 Å². The molecule has 1 aliphatic rings. The number of anilines is 2. The van der Waals surface area contributed by atoms with Gasteiger partial charge in [0.2, 0.25) is 0 Å². The van der Waals surface area contributed by atoms with E-state index in [1.165, 1.54) is 11.2 Å². The number of aromatic nitrogens is 2. The largest absolute Gasteiger partial charge is 0.418 e. The van der Waals surface area contributed by atoms with Crippen LogP contribution in [0, 0.1) is 0 Å². The Morgan fingerprint density at radius 2 is 2.16 bits per heavy atom.